The van der Waals surface area contributed by atoms with Crippen LogP contribution < -0.4 is 10.2 Å². The summed E-state index contributed by atoms with van der Waals surface area (Å²) in [6, 6.07) is 23.6. The number of rotatable bonds is 4. The lowest BCUT2D eigenvalue weighted by Crippen LogP contribution is -2.51. The van der Waals surface area contributed by atoms with Crippen LogP contribution in [-0.2, 0) is 10.2 Å². The predicted molar refractivity (Wildman–Crippen MR) is 150 cm³/mol. The van der Waals surface area contributed by atoms with E-state index >= 15 is 0 Å². The highest BCUT2D eigenvalue weighted by atomic mass is 35.5. The molecule has 39 heavy (non-hydrogen) atoms. The van der Waals surface area contributed by atoms with E-state index in [1.807, 2.05) is 59.5 Å². The van der Waals surface area contributed by atoms with E-state index in [-0.39, 0.29) is 17.5 Å². The third-order valence-corrected chi connectivity index (χ3v) is 8.40. The quantitative estimate of drug-likeness (QED) is 0.347. The maximum absolute atomic E-state index is 14.6. The Morgan fingerprint density at radius 1 is 0.872 bits per heavy atom. The van der Waals surface area contributed by atoms with Crippen molar-refractivity contribution >= 4 is 46.5 Å². The number of halogens is 1. The molecule has 7 heteroatoms. The molecule has 1 amide bonds. The second-order valence-electron chi connectivity index (χ2n) is 10.0. The molecule has 1 spiro atoms. The molecule has 3 aliphatic rings. The number of carbonyl (C=O) groups excluding carboxylic acids is 3. The minimum Gasteiger partial charge on any atom is -0.352 e. The van der Waals surface area contributed by atoms with Crippen LogP contribution in [0.4, 0.5) is 11.4 Å². The molecule has 190 valence electrons. The molecule has 1 aromatic heterocycles. The van der Waals surface area contributed by atoms with Crippen molar-refractivity contribution in [3.05, 3.63) is 131 Å². The van der Waals surface area contributed by atoms with E-state index in [0.29, 0.717) is 27.4 Å². The molecule has 4 heterocycles. The molecule has 1 saturated heterocycles. The summed E-state index contributed by atoms with van der Waals surface area (Å²) in [5, 5.41) is 3.60. The molecule has 3 aromatic carbocycles. The third kappa shape index (κ3) is 3.28. The van der Waals surface area contributed by atoms with Gasteiger partial charge in [0.05, 0.1) is 12.0 Å². The largest absolute Gasteiger partial charge is 0.352 e. The highest BCUT2D eigenvalue weighted by Gasteiger charge is 2.70. The summed E-state index contributed by atoms with van der Waals surface area (Å²) in [6.45, 7) is 0. The first kappa shape index (κ1) is 23.6. The number of benzene rings is 3. The van der Waals surface area contributed by atoms with Crippen molar-refractivity contribution in [3.8, 4) is 0 Å². The van der Waals surface area contributed by atoms with Crippen molar-refractivity contribution in [2.75, 3.05) is 10.2 Å². The Bertz CT molecular complexity index is 1690. The van der Waals surface area contributed by atoms with Crippen molar-refractivity contribution in [2.45, 2.75) is 17.5 Å². The van der Waals surface area contributed by atoms with Gasteiger partial charge in [-0.3, -0.25) is 19.4 Å². The molecule has 0 bridgehead atoms. The van der Waals surface area contributed by atoms with Gasteiger partial charge in [-0.15, -0.1) is 0 Å². The second-order valence-corrected chi connectivity index (χ2v) is 10.5. The number of anilines is 2. The van der Waals surface area contributed by atoms with Crippen molar-refractivity contribution < 1.29 is 14.4 Å². The number of ketones is 2. The third-order valence-electron chi connectivity index (χ3n) is 8.17. The molecular formula is C32H22ClN3O3. The molecule has 0 radical (unpaired) electrons. The molecule has 0 aliphatic carbocycles. The zero-order valence-electron chi connectivity index (χ0n) is 20.6. The lowest BCUT2D eigenvalue weighted by Gasteiger charge is -2.37. The average Bonchev–Trinajstić information content (AvgIpc) is 3.45. The van der Waals surface area contributed by atoms with Gasteiger partial charge in [0.15, 0.2) is 11.6 Å². The lowest BCUT2D eigenvalue weighted by molar-refractivity contribution is -0.121. The van der Waals surface area contributed by atoms with E-state index in [9.17, 15) is 14.4 Å². The fourth-order valence-corrected chi connectivity index (χ4v) is 6.80. The van der Waals surface area contributed by atoms with Crippen LogP contribution >= 0.6 is 11.6 Å². The molecule has 1 N–H and O–H groups in total. The number of para-hydroxylation sites is 1. The Morgan fingerprint density at radius 3 is 2.38 bits per heavy atom. The summed E-state index contributed by atoms with van der Waals surface area (Å²) < 4.78 is 0. The summed E-state index contributed by atoms with van der Waals surface area (Å²) in [5.74, 6) is -1.82. The van der Waals surface area contributed by atoms with Crippen molar-refractivity contribution in [1.82, 2.24) is 4.98 Å². The Balaban J connectivity index is 1.55. The Labute approximate surface area is 229 Å². The SMILES string of the molecule is O=C(c1ccccc1)[C@@H]1[C@H](C(=O)c2ccncc2)[C@]2(C(=O)Nc3ccccc32)[C@@H]2C=Cc3cc(Cl)ccc3N12. The fraction of sp³-hybridized carbons (Fsp3) is 0.125. The molecule has 4 atom stereocenters. The van der Waals surface area contributed by atoms with Crippen molar-refractivity contribution in [1.29, 1.82) is 0 Å². The number of fused-ring (bicyclic) bond motifs is 6. The monoisotopic (exact) mass is 531 g/mol. The molecule has 3 aliphatic heterocycles. The van der Waals surface area contributed by atoms with Gasteiger partial charge in [-0.2, -0.15) is 0 Å². The van der Waals surface area contributed by atoms with Crippen LogP contribution in [0.15, 0.2) is 103 Å². The van der Waals surface area contributed by atoms with Crippen LogP contribution in [0, 0.1) is 5.92 Å². The lowest BCUT2D eigenvalue weighted by atomic mass is 9.64. The Morgan fingerprint density at radius 2 is 1.59 bits per heavy atom. The molecule has 1 fully saturated rings. The van der Waals surface area contributed by atoms with Crippen LogP contribution in [0.5, 0.6) is 0 Å². The first-order valence-corrected chi connectivity index (χ1v) is 13.1. The van der Waals surface area contributed by atoms with Crippen LogP contribution in [-0.4, -0.2) is 34.5 Å². The summed E-state index contributed by atoms with van der Waals surface area (Å²) in [5.41, 5.74) is 2.46. The summed E-state index contributed by atoms with van der Waals surface area (Å²) in [4.78, 5) is 49.4. The topological polar surface area (TPSA) is 79.4 Å². The van der Waals surface area contributed by atoms with E-state index in [1.165, 1.54) is 0 Å². The van der Waals surface area contributed by atoms with Crippen LogP contribution in [0.1, 0.15) is 31.8 Å². The Kier molecular flexibility index (Phi) is 5.28. The van der Waals surface area contributed by atoms with Gasteiger partial charge in [-0.25, -0.2) is 0 Å². The number of nitrogens with zero attached hydrogens (tertiary/aromatic N) is 2. The van der Waals surface area contributed by atoms with Crippen LogP contribution in [0.25, 0.3) is 6.08 Å². The molecular weight excluding hydrogens is 510 g/mol. The zero-order chi connectivity index (χ0) is 26.7. The number of carbonyl (C=O) groups is 3. The van der Waals surface area contributed by atoms with Gasteiger partial charge in [0.2, 0.25) is 5.91 Å². The molecule has 6 nitrogen and oxygen atoms in total. The van der Waals surface area contributed by atoms with Gasteiger partial charge in [-0.05, 0) is 47.5 Å². The molecule has 7 rings (SSSR count). The van der Waals surface area contributed by atoms with E-state index < -0.39 is 23.4 Å². The number of hydrogen-bond donors (Lipinski definition) is 1. The van der Waals surface area contributed by atoms with Gasteiger partial charge < -0.3 is 10.2 Å². The van der Waals surface area contributed by atoms with E-state index in [0.717, 1.165) is 11.3 Å². The second kappa shape index (κ2) is 8.75. The Hall–Kier alpha value is -4.55. The minimum atomic E-state index is -1.35. The number of nitrogens with one attached hydrogen (secondary N) is 1. The zero-order valence-corrected chi connectivity index (χ0v) is 21.4. The van der Waals surface area contributed by atoms with E-state index in [1.54, 1.807) is 54.9 Å². The highest BCUT2D eigenvalue weighted by Crippen LogP contribution is 2.58. The van der Waals surface area contributed by atoms with E-state index in [2.05, 4.69) is 10.3 Å². The normalized spacial score (nSPS) is 24.2. The fourth-order valence-electron chi connectivity index (χ4n) is 6.62. The van der Waals surface area contributed by atoms with E-state index in [4.69, 9.17) is 11.6 Å². The summed E-state index contributed by atoms with van der Waals surface area (Å²) >= 11 is 6.34. The smallest absolute Gasteiger partial charge is 0.238 e. The first-order chi connectivity index (χ1) is 19.0. The number of hydrogen-bond acceptors (Lipinski definition) is 5. The summed E-state index contributed by atoms with van der Waals surface area (Å²) in [7, 11) is 0. The minimum absolute atomic E-state index is 0.224. The predicted octanol–water partition coefficient (Wildman–Crippen LogP) is 5.59. The highest BCUT2D eigenvalue weighted by molar-refractivity contribution is 6.31. The van der Waals surface area contributed by atoms with Gasteiger partial charge in [0, 0.05) is 39.9 Å². The van der Waals surface area contributed by atoms with Gasteiger partial charge in [0.25, 0.3) is 0 Å². The number of aromatic nitrogens is 1. The number of amides is 1. The standard InChI is InChI=1S/C32H22ClN3O3/c33-22-11-12-25-21(18-22)10-13-26-32(23-8-4-5-9-24(23)35-31(32)39)27(29(37)20-14-16-34-17-15-20)28(36(25)26)30(38)19-6-2-1-3-7-19/h1-18,26-28H,(H,35,39)/t26-,27+,28-,32+/m0/s1. The maximum Gasteiger partial charge on any atom is 0.238 e. The van der Waals surface area contributed by atoms with Gasteiger partial charge in [-0.1, -0.05) is 72.3 Å². The molecule has 0 saturated carbocycles. The van der Waals surface area contributed by atoms with Crippen molar-refractivity contribution in [3.63, 3.8) is 0 Å². The number of Topliss-reactive ketones (excluding diaryl/α,β-unsaturated/α-hetero) is 2. The summed E-state index contributed by atoms with van der Waals surface area (Å²) in [6.07, 6.45) is 6.97. The average molecular weight is 532 g/mol. The van der Waals surface area contributed by atoms with Gasteiger partial charge >= 0.3 is 0 Å². The first-order valence-electron chi connectivity index (χ1n) is 12.7. The van der Waals surface area contributed by atoms with Crippen LogP contribution in [0.2, 0.25) is 5.02 Å². The number of pyridine rings is 1. The molecule has 0 unspecified atom stereocenters. The van der Waals surface area contributed by atoms with Crippen molar-refractivity contribution in [2.24, 2.45) is 5.92 Å². The molecule has 4 aromatic rings. The van der Waals surface area contributed by atoms with Gasteiger partial charge in [0.1, 0.15) is 11.5 Å². The maximum atomic E-state index is 14.6. The van der Waals surface area contributed by atoms with Crippen LogP contribution in [0.3, 0.4) is 0 Å².